The molecule has 0 saturated carbocycles. The van der Waals surface area contributed by atoms with Crippen LogP contribution in [0.4, 0.5) is 10.1 Å². The van der Waals surface area contributed by atoms with Crippen molar-refractivity contribution in [1.82, 2.24) is 0 Å². The number of halogens is 1. The van der Waals surface area contributed by atoms with Gasteiger partial charge in [-0.2, -0.15) is 0 Å². The molecule has 1 amide bonds. The van der Waals surface area contributed by atoms with Gasteiger partial charge in [-0.05, 0) is 23.8 Å². The highest BCUT2D eigenvalue weighted by molar-refractivity contribution is 5.98. The molecule has 2 aromatic rings. The molecule has 27 heavy (non-hydrogen) atoms. The van der Waals surface area contributed by atoms with Crippen molar-refractivity contribution in [3.05, 3.63) is 65.5 Å². The number of carbonyl (C=O) groups excluding carboxylic acids is 1. The van der Waals surface area contributed by atoms with Gasteiger partial charge in [0.15, 0.2) is 5.60 Å². The van der Waals surface area contributed by atoms with Gasteiger partial charge in [0.05, 0.1) is 17.9 Å². The summed E-state index contributed by atoms with van der Waals surface area (Å²) in [5, 5.41) is 11.6. The summed E-state index contributed by atoms with van der Waals surface area (Å²) in [4.78, 5) is 24.0. The normalized spacial score (nSPS) is 15.9. The zero-order chi connectivity index (χ0) is 19.3. The Morgan fingerprint density at radius 1 is 1.15 bits per heavy atom. The van der Waals surface area contributed by atoms with Crippen molar-refractivity contribution < 1.29 is 28.6 Å². The lowest BCUT2D eigenvalue weighted by atomic mass is 9.92. The van der Waals surface area contributed by atoms with Crippen LogP contribution in [0.15, 0.2) is 48.5 Å². The van der Waals surface area contributed by atoms with Crippen molar-refractivity contribution in [1.29, 1.82) is 0 Å². The number of benzene rings is 2. The van der Waals surface area contributed by atoms with Crippen LogP contribution >= 0.6 is 0 Å². The van der Waals surface area contributed by atoms with Crippen LogP contribution in [-0.2, 0) is 20.9 Å². The van der Waals surface area contributed by atoms with Gasteiger partial charge in [-0.15, -0.1) is 0 Å². The number of ether oxygens (including phenoxy) is 2. The van der Waals surface area contributed by atoms with Crippen LogP contribution in [0.25, 0.3) is 0 Å². The smallest absolute Gasteiger partial charge is 0.335 e. The van der Waals surface area contributed by atoms with Crippen LogP contribution in [-0.4, -0.2) is 35.8 Å². The molecule has 0 aliphatic carbocycles. The number of carboxylic acid groups (broad SMARTS) is 1. The molecule has 1 heterocycles. The van der Waals surface area contributed by atoms with Crippen molar-refractivity contribution in [3.8, 4) is 0 Å². The highest BCUT2D eigenvalue weighted by atomic mass is 19.1. The molecule has 0 aromatic heterocycles. The molecule has 2 N–H and O–H groups in total. The van der Waals surface area contributed by atoms with E-state index >= 15 is 0 Å². The molecule has 7 heteroatoms. The standard InChI is InChI=1S/C20H20FNO5/c21-16-7-6-15(18(23)24)12-17(16)22-19(25)20(8-10-26-11-9-20)27-13-14-4-2-1-3-5-14/h1-7,12H,8-11,13H2,(H,22,25)(H,23,24). The molecule has 0 bridgehead atoms. The SMILES string of the molecule is O=C(O)c1ccc(F)c(NC(=O)C2(OCc3ccccc3)CCOCC2)c1. The second-order valence-electron chi connectivity index (χ2n) is 6.33. The van der Waals surface area contributed by atoms with E-state index in [1.807, 2.05) is 30.3 Å². The summed E-state index contributed by atoms with van der Waals surface area (Å²) >= 11 is 0. The number of hydrogen-bond donors (Lipinski definition) is 2. The molecule has 142 valence electrons. The fraction of sp³-hybridized carbons (Fsp3) is 0.300. The first-order valence-electron chi connectivity index (χ1n) is 8.60. The van der Waals surface area contributed by atoms with Gasteiger partial charge >= 0.3 is 5.97 Å². The summed E-state index contributed by atoms with van der Waals surface area (Å²) in [7, 11) is 0. The van der Waals surface area contributed by atoms with Crippen LogP contribution in [0.1, 0.15) is 28.8 Å². The van der Waals surface area contributed by atoms with Crippen molar-refractivity contribution in [2.75, 3.05) is 18.5 Å². The number of carboxylic acids is 1. The van der Waals surface area contributed by atoms with Crippen LogP contribution in [0.3, 0.4) is 0 Å². The predicted octanol–water partition coefficient (Wildman–Crippen LogP) is 3.23. The molecule has 2 aromatic carbocycles. The molecular weight excluding hydrogens is 353 g/mol. The molecule has 6 nitrogen and oxygen atoms in total. The first-order chi connectivity index (χ1) is 13.0. The Kier molecular flexibility index (Phi) is 5.83. The maximum Gasteiger partial charge on any atom is 0.335 e. The fourth-order valence-corrected chi connectivity index (χ4v) is 2.92. The van der Waals surface area contributed by atoms with Crippen molar-refractivity contribution in [2.24, 2.45) is 0 Å². The first kappa shape index (κ1) is 19.0. The zero-order valence-electron chi connectivity index (χ0n) is 14.6. The highest BCUT2D eigenvalue weighted by Crippen LogP contribution is 2.29. The summed E-state index contributed by atoms with van der Waals surface area (Å²) in [6.45, 7) is 0.922. The van der Waals surface area contributed by atoms with Crippen LogP contribution < -0.4 is 5.32 Å². The predicted molar refractivity (Wildman–Crippen MR) is 96.0 cm³/mol. The summed E-state index contributed by atoms with van der Waals surface area (Å²) in [5.41, 5.74) is -0.554. The third kappa shape index (κ3) is 4.50. The molecular formula is C20H20FNO5. The van der Waals surface area contributed by atoms with Crippen molar-refractivity contribution in [3.63, 3.8) is 0 Å². The fourth-order valence-electron chi connectivity index (χ4n) is 2.92. The minimum Gasteiger partial charge on any atom is -0.478 e. The van der Waals surface area contributed by atoms with Gasteiger partial charge in [-0.25, -0.2) is 9.18 Å². The lowest BCUT2D eigenvalue weighted by Gasteiger charge is -2.35. The van der Waals surface area contributed by atoms with Gasteiger partial charge in [-0.3, -0.25) is 4.79 Å². The molecule has 1 fully saturated rings. The maximum absolute atomic E-state index is 14.1. The lowest BCUT2D eigenvalue weighted by molar-refractivity contribution is -0.158. The Morgan fingerprint density at radius 3 is 2.52 bits per heavy atom. The van der Waals surface area contributed by atoms with Gasteiger partial charge < -0.3 is 19.9 Å². The zero-order valence-corrected chi connectivity index (χ0v) is 14.6. The second-order valence-corrected chi connectivity index (χ2v) is 6.33. The van der Waals surface area contributed by atoms with Crippen LogP contribution in [0.5, 0.6) is 0 Å². The van der Waals surface area contributed by atoms with E-state index in [0.717, 1.165) is 23.8 Å². The third-order valence-corrected chi connectivity index (χ3v) is 4.53. The van der Waals surface area contributed by atoms with E-state index in [4.69, 9.17) is 14.6 Å². The number of carbonyl (C=O) groups is 2. The monoisotopic (exact) mass is 373 g/mol. The average Bonchev–Trinajstić information content (AvgIpc) is 2.69. The molecule has 0 radical (unpaired) electrons. The number of rotatable bonds is 6. The van der Waals surface area contributed by atoms with E-state index < -0.39 is 23.3 Å². The Bertz CT molecular complexity index is 818. The van der Waals surface area contributed by atoms with E-state index in [2.05, 4.69) is 5.32 Å². The molecule has 3 rings (SSSR count). The molecule has 0 unspecified atom stereocenters. The largest absolute Gasteiger partial charge is 0.478 e. The van der Waals surface area contributed by atoms with E-state index in [9.17, 15) is 14.0 Å². The first-order valence-corrected chi connectivity index (χ1v) is 8.60. The Morgan fingerprint density at radius 2 is 1.85 bits per heavy atom. The Balaban J connectivity index is 1.79. The number of hydrogen-bond acceptors (Lipinski definition) is 4. The number of amides is 1. The summed E-state index contributed by atoms with van der Waals surface area (Å²) in [5.74, 6) is -2.42. The number of nitrogens with one attached hydrogen (secondary N) is 1. The summed E-state index contributed by atoms with van der Waals surface area (Å²) in [6.07, 6.45) is 0.651. The van der Waals surface area contributed by atoms with Crippen LogP contribution in [0, 0.1) is 5.82 Å². The molecule has 1 aliphatic rings. The highest BCUT2D eigenvalue weighted by Gasteiger charge is 2.41. The van der Waals surface area contributed by atoms with Crippen LogP contribution in [0.2, 0.25) is 0 Å². The average molecular weight is 373 g/mol. The Labute approximate surface area is 155 Å². The van der Waals surface area contributed by atoms with Gasteiger partial charge in [0.2, 0.25) is 0 Å². The van der Waals surface area contributed by atoms with Gasteiger partial charge in [0.25, 0.3) is 5.91 Å². The van der Waals surface area contributed by atoms with E-state index in [1.54, 1.807) is 0 Å². The molecule has 1 saturated heterocycles. The topological polar surface area (TPSA) is 84.9 Å². The Hall–Kier alpha value is -2.77. The number of aromatic carboxylic acids is 1. The minimum absolute atomic E-state index is 0.113. The lowest BCUT2D eigenvalue weighted by Crippen LogP contribution is -2.49. The second kappa shape index (κ2) is 8.28. The van der Waals surface area contributed by atoms with E-state index in [0.29, 0.717) is 26.1 Å². The van der Waals surface area contributed by atoms with Crippen molar-refractivity contribution in [2.45, 2.75) is 25.0 Å². The quantitative estimate of drug-likeness (QED) is 0.812. The van der Waals surface area contributed by atoms with Crippen molar-refractivity contribution >= 4 is 17.6 Å². The molecule has 0 atom stereocenters. The van der Waals surface area contributed by atoms with E-state index in [-0.39, 0.29) is 17.9 Å². The summed E-state index contributed by atoms with van der Waals surface area (Å²) < 4.78 is 25.4. The minimum atomic E-state index is -1.20. The molecule has 1 aliphatic heterocycles. The maximum atomic E-state index is 14.1. The van der Waals surface area contributed by atoms with E-state index in [1.165, 1.54) is 0 Å². The summed E-state index contributed by atoms with van der Waals surface area (Å²) in [6, 6.07) is 12.7. The molecule has 0 spiro atoms. The third-order valence-electron chi connectivity index (χ3n) is 4.53. The number of anilines is 1. The van der Waals surface area contributed by atoms with Gasteiger partial charge in [0.1, 0.15) is 5.82 Å². The van der Waals surface area contributed by atoms with Gasteiger partial charge in [0, 0.05) is 26.1 Å². The van der Waals surface area contributed by atoms with Gasteiger partial charge in [-0.1, -0.05) is 30.3 Å².